The van der Waals surface area contributed by atoms with Gasteiger partial charge in [-0.25, -0.2) is 0 Å². The van der Waals surface area contributed by atoms with Crippen molar-refractivity contribution in [1.29, 1.82) is 0 Å². The van der Waals surface area contributed by atoms with Crippen LogP contribution in [0.1, 0.15) is 67.3 Å². The second kappa shape index (κ2) is 8.84. The first-order valence-corrected chi connectivity index (χ1v) is 9.71. The van der Waals surface area contributed by atoms with Crippen LogP contribution in [0.3, 0.4) is 0 Å². The molecule has 132 valence electrons. The van der Waals surface area contributed by atoms with Crippen molar-refractivity contribution in [3.63, 3.8) is 0 Å². The van der Waals surface area contributed by atoms with Crippen molar-refractivity contribution in [1.82, 2.24) is 0 Å². The number of aryl methyl sites for hydroxylation is 1. The van der Waals surface area contributed by atoms with E-state index in [9.17, 15) is 4.79 Å². The van der Waals surface area contributed by atoms with Crippen molar-refractivity contribution >= 4 is 5.91 Å². The van der Waals surface area contributed by atoms with Crippen molar-refractivity contribution in [3.8, 4) is 11.1 Å². The van der Waals surface area contributed by atoms with Gasteiger partial charge in [0.1, 0.15) is 0 Å². The van der Waals surface area contributed by atoms with Gasteiger partial charge < -0.3 is 5.73 Å². The Morgan fingerprint density at radius 2 is 1.68 bits per heavy atom. The summed E-state index contributed by atoms with van der Waals surface area (Å²) >= 11 is 0. The smallest absolute Gasteiger partial charge is 0.248 e. The Balaban J connectivity index is 1.50. The van der Waals surface area contributed by atoms with Crippen molar-refractivity contribution in [2.24, 2.45) is 11.7 Å². The van der Waals surface area contributed by atoms with Gasteiger partial charge in [-0.05, 0) is 47.6 Å². The molecule has 1 aliphatic carbocycles. The van der Waals surface area contributed by atoms with Crippen molar-refractivity contribution in [2.75, 3.05) is 0 Å². The van der Waals surface area contributed by atoms with E-state index in [2.05, 4.69) is 24.3 Å². The molecule has 2 aromatic carbocycles. The van der Waals surface area contributed by atoms with E-state index in [0.29, 0.717) is 5.56 Å². The van der Waals surface area contributed by atoms with Gasteiger partial charge in [-0.1, -0.05) is 81.3 Å². The molecule has 2 aromatic rings. The number of amides is 1. The number of carbonyl (C=O) groups excluding carboxylic acids is 1. The summed E-state index contributed by atoms with van der Waals surface area (Å²) in [5, 5.41) is 0. The largest absolute Gasteiger partial charge is 0.366 e. The Hall–Kier alpha value is -2.09. The third-order valence-corrected chi connectivity index (χ3v) is 5.49. The second-order valence-corrected chi connectivity index (χ2v) is 7.39. The fourth-order valence-electron chi connectivity index (χ4n) is 3.95. The van der Waals surface area contributed by atoms with E-state index < -0.39 is 0 Å². The van der Waals surface area contributed by atoms with Gasteiger partial charge in [-0.2, -0.15) is 0 Å². The van der Waals surface area contributed by atoms with E-state index in [4.69, 9.17) is 5.73 Å². The Bertz CT molecular complexity index is 683. The molecule has 3 rings (SSSR count). The molecule has 0 atom stereocenters. The first kappa shape index (κ1) is 17.7. The standard InChI is InChI=1S/C23H29NO/c24-23(25)22-12-6-11-21(17-22)20-15-13-19(14-16-20)10-5-4-9-18-7-2-1-3-8-18/h6,11-18H,1-5,7-10H2,(H2,24,25). The van der Waals surface area contributed by atoms with E-state index in [1.54, 1.807) is 6.07 Å². The Morgan fingerprint density at radius 3 is 2.40 bits per heavy atom. The van der Waals surface area contributed by atoms with Gasteiger partial charge in [0, 0.05) is 5.56 Å². The summed E-state index contributed by atoms with van der Waals surface area (Å²) in [6.07, 6.45) is 12.5. The number of nitrogens with two attached hydrogens (primary N) is 1. The molecule has 1 fully saturated rings. The zero-order chi connectivity index (χ0) is 17.5. The van der Waals surface area contributed by atoms with Gasteiger partial charge >= 0.3 is 0 Å². The van der Waals surface area contributed by atoms with E-state index in [0.717, 1.165) is 23.5 Å². The lowest BCUT2D eigenvalue weighted by molar-refractivity contribution is 0.100. The van der Waals surface area contributed by atoms with Crippen LogP contribution in [0, 0.1) is 5.92 Å². The molecule has 1 amide bonds. The molecule has 2 heteroatoms. The highest BCUT2D eigenvalue weighted by Gasteiger charge is 2.12. The van der Waals surface area contributed by atoms with Gasteiger partial charge in [0.2, 0.25) is 5.91 Å². The molecule has 0 saturated heterocycles. The number of unbranched alkanes of at least 4 members (excludes halogenated alkanes) is 1. The Morgan fingerprint density at radius 1 is 0.920 bits per heavy atom. The fourth-order valence-corrected chi connectivity index (χ4v) is 3.95. The number of rotatable bonds is 7. The molecule has 25 heavy (non-hydrogen) atoms. The highest BCUT2D eigenvalue weighted by molar-refractivity contribution is 5.94. The first-order chi connectivity index (χ1) is 12.2. The van der Waals surface area contributed by atoms with Crippen LogP contribution in [0.2, 0.25) is 0 Å². The maximum absolute atomic E-state index is 11.3. The quantitative estimate of drug-likeness (QED) is 0.644. The molecule has 1 saturated carbocycles. The lowest BCUT2D eigenvalue weighted by atomic mass is 9.85. The fraction of sp³-hybridized carbons (Fsp3) is 0.435. The normalized spacial score (nSPS) is 15.2. The van der Waals surface area contributed by atoms with Gasteiger partial charge in [0.05, 0.1) is 0 Å². The third kappa shape index (κ3) is 5.19. The summed E-state index contributed by atoms with van der Waals surface area (Å²) in [6, 6.07) is 16.3. The van der Waals surface area contributed by atoms with Crippen LogP contribution in [0.4, 0.5) is 0 Å². The molecular weight excluding hydrogens is 306 g/mol. The lowest BCUT2D eigenvalue weighted by Crippen LogP contribution is -2.10. The molecule has 0 radical (unpaired) electrons. The van der Waals surface area contributed by atoms with Crippen LogP contribution in [-0.4, -0.2) is 5.91 Å². The summed E-state index contributed by atoms with van der Waals surface area (Å²) in [5.74, 6) is 0.616. The molecular formula is C23H29NO. The zero-order valence-electron chi connectivity index (χ0n) is 15.0. The van der Waals surface area contributed by atoms with Gasteiger partial charge in [0.25, 0.3) is 0 Å². The van der Waals surface area contributed by atoms with Crippen molar-refractivity contribution in [2.45, 2.75) is 57.8 Å². The second-order valence-electron chi connectivity index (χ2n) is 7.39. The summed E-state index contributed by atoms with van der Waals surface area (Å²) in [4.78, 5) is 11.3. The predicted molar refractivity (Wildman–Crippen MR) is 105 cm³/mol. The minimum absolute atomic E-state index is 0.378. The monoisotopic (exact) mass is 335 g/mol. The van der Waals surface area contributed by atoms with Gasteiger partial charge in [-0.3, -0.25) is 4.79 Å². The van der Waals surface area contributed by atoms with E-state index >= 15 is 0 Å². The van der Waals surface area contributed by atoms with Crippen molar-refractivity contribution in [3.05, 3.63) is 59.7 Å². The molecule has 1 aliphatic rings. The first-order valence-electron chi connectivity index (χ1n) is 9.71. The summed E-state index contributed by atoms with van der Waals surface area (Å²) in [5.41, 5.74) is 9.50. The van der Waals surface area contributed by atoms with Crippen molar-refractivity contribution < 1.29 is 4.79 Å². The zero-order valence-corrected chi connectivity index (χ0v) is 15.0. The van der Waals surface area contributed by atoms with Crippen LogP contribution >= 0.6 is 0 Å². The molecule has 2 nitrogen and oxygen atoms in total. The van der Waals surface area contributed by atoms with Crippen LogP contribution < -0.4 is 5.73 Å². The number of primary amides is 1. The van der Waals surface area contributed by atoms with Crippen LogP contribution in [0.25, 0.3) is 11.1 Å². The number of hydrogen-bond acceptors (Lipinski definition) is 1. The molecule has 0 spiro atoms. The summed E-state index contributed by atoms with van der Waals surface area (Å²) in [6.45, 7) is 0. The lowest BCUT2D eigenvalue weighted by Gasteiger charge is -2.21. The highest BCUT2D eigenvalue weighted by Crippen LogP contribution is 2.28. The molecule has 0 unspecified atom stereocenters. The van der Waals surface area contributed by atoms with Crippen LogP contribution in [-0.2, 0) is 6.42 Å². The maximum Gasteiger partial charge on any atom is 0.248 e. The van der Waals surface area contributed by atoms with Gasteiger partial charge in [-0.15, -0.1) is 0 Å². The summed E-state index contributed by atoms with van der Waals surface area (Å²) < 4.78 is 0. The van der Waals surface area contributed by atoms with Crippen LogP contribution in [0.15, 0.2) is 48.5 Å². The molecule has 0 heterocycles. The minimum atomic E-state index is -0.378. The highest BCUT2D eigenvalue weighted by atomic mass is 16.1. The predicted octanol–water partition coefficient (Wildman–Crippen LogP) is 5.75. The average Bonchev–Trinajstić information content (AvgIpc) is 2.67. The number of carbonyl (C=O) groups is 1. The Kier molecular flexibility index (Phi) is 6.27. The number of hydrogen-bond donors (Lipinski definition) is 1. The molecule has 0 aliphatic heterocycles. The number of benzene rings is 2. The SMILES string of the molecule is NC(=O)c1cccc(-c2ccc(CCCCC3CCCCC3)cc2)c1. The third-order valence-electron chi connectivity index (χ3n) is 5.49. The van der Waals surface area contributed by atoms with Crippen LogP contribution in [0.5, 0.6) is 0 Å². The molecule has 2 N–H and O–H groups in total. The molecule has 0 aromatic heterocycles. The average molecular weight is 335 g/mol. The van der Waals surface area contributed by atoms with E-state index in [-0.39, 0.29) is 5.91 Å². The topological polar surface area (TPSA) is 43.1 Å². The van der Waals surface area contributed by atoms with E-state index in [1.165, 1.54) is 56.9 Å². The van der Waals surface area contributed by atoms with E-state index in [1.807, 2.05) is 18.2 Å². The van der Waals surface area contributed by atoms with Gasteiger partial charge in [0.15, 0.2) is 0 Å². The minimum Gasteiger partial charge on any atom is -0.366 e. The summed E-state index contributed by atoms with van der Waals surface area (Å²) in [7, 11) is 0. The molecule has 0 bridgehead atoms. The Labute approximate surface area is 151 Å². The maximum atomic E-state index is 11.3.